The second-order valence-electron chi connectivity index (χ2n) is 4.46. The van der Waals surface area contributed by atoms with Crippen LogP contribution >= 0.6 is 11.6 Å². The van der Waals surface area contributed by atoms with Crippen molar-refractivity contribution in [3.63, 3.8) is 0 Å². The molecule has 1 rings (SSSR count). The lowest BCUT2D eigenvalue weighted by Crippen LogP contribution is -2.35. The molecule has 0 radical (unpaired) electrons. The van der Waals surface area contributed by atoms with Crippen LogP contribution in [0.3, 0.4) is 0 Å². The Labute approximate surface area is 130 Å². The van der Waals surface area contributed by atoms with Crippen LogP contribution in [0, 0.1) is 0 Å². The lowest BCUT2D eigenvalue weighted by Gasteiger charge is -2.19. The van der Waals surface area contributed by atoms with E-state index in [9.17, 15) is 13.2 Å². The van der Waals surface area contributed by atoms with Gasteiger partial charge in [-0.1, -0.05) is 11.6 Å². The van der Waals surface area contributed by atoms with E-state index < -0.39 is 10.0 Å². The zero-order valence-electron chi connectivity index (χ0n) is 12.0. The van der Waals surface area contributed by atoms with Crippen molar-refractivity contribution in [2.24, 2.45) is 0 Å². The van der Waals surface area contributed by atoms with Gasteiger partial charge in [-0.3, -0.25) is 4.79 Å². The minimum Gasteiger partial charge on any atom is -0.383 e. The number of hydrogen-bond donors (Lipinski definition) is 1. The van der Waals surface area contributed by atoms with Gasteiger partial charge in [0.15, 0.2) is 0 Å². The molecule has 0 atom stereocenters. The molecule has 8 heteroatoms. The van der Waals surface area contributed by atoms with Crippen molar-refractivity contribution in [3.8, 4) is 0 Å². The highest BCUT2D eigenvalue weighted by Gasteiger charge is 2.17. The molecule has 118 valence electrons. The smallest absolute Gasteiger partial charge is 0.225 e. The highest BCUT2D eigenvalue weighted by atomic mass is 35.5. The number of hydrogen-bond acceptors (Lipinski definition) is 4. The Kier molecular flexibility index (Phi) is 7.10. The van der Waals surface area contributed by atoms with Crippen molar-refractivity contribution in [2.45, 2.75) is 6.42 Å². The minimum absolute atomic E-state index is 0.0689. The van der Waals surface area contributed by atoms with Crippen LogP contribution in [0.2, 0.25) is 5.02 Å². The van der Waals surface area contributed by atoms with Crippen molar-refractivity contribution in [1.29, 1.82) is 0 Å². The van der Waals surface area contributed by atoms with Crippen molar-refractivity contribution in [3.05, 3.63) is 29.3 Å². The third-order valence-corrected chi connectivity index (χ3v) is 4.29. The maximum Gasteiger partial charge on any atom is 0.225 e. The zero-order valence-corrected chi connectivity index (χ0v) is 13.6. The summed E-state index contributed by atoms with van der Waals surface area (Å²) >= 11 is 5.75. The van der Waals surface area contributed by atoms with Gasteiger partial charge < -0.3 is 10.1 Å². The molecule has 0 saturated heterocycles. The second-order valence-corrected chi connectivity index (χ2v) is 6.88. The van der Waals surface area contributed by atoms with Crippen molar-refractivity contribution >= 4 is 33.2 Å². The van der Waals surface area contributed by atoms with Crippen LogP contribution in [0.15, 0.2) is 24.3 Å². The average Bonchev–Trinajstić information content (AvgIpc) is 2.40. The molecule has 0 fully saturated rings. The predicted molar refractivity (Wildman–Crippen MR) is 83.0 cm³/mol. The van der Waals surface area contributed by atoms with Gasteiger partial charge in [0.25, 0.3) is 0 Å². The van der Waals surface area contributed by atoms with Gasteiger partial charge in [-0.2, -0.15) is 4.31 Å². The maximum absolute atomic E-state index is 11.8. The maximum atomic E-state index is 11.8. The first kappa shape index (κ1) is 17.9. The van der Waals surface area contributed by atoms with Gasteiger partial charge in [0.05, 0.1) is 12.9 Å². The molecule has 0 bridgehead atoms. The summed E-state index contributed by atoms with van der Waals surface area (Å²) in [5, 5.41) is 3.26. The Hall–Kier alpha value is -1.15. The fraction of sp³-hybridized carbons (Fsp3) is 0.462. The molecule has 0 heterocycles. The lowest BCUT2D eigenvalue weighted by molar-refractivity contribution is -0.116. The summed E-state index contributed by atoms with van der Waals surface area (Å²) in [4.78, 5) is 11.8. The molecule has 6 nitrogen and oxygen atoms in total. The van der Waals surface area contributed by atoms with Crippen LogP contribution in [0.25, 0.3) is 0 Å². The number of sulfonamides is 1. The summed E-state index contributed by atoms with van der Waals surface area (Å²) in [6, 6.07) is 6.69. The van der Waals surface area contributed by atoms with Gasteiger partial charge in [0.1, 0.15) is 0 Å². The topological polar surface area (TPSA) is 75.7 Å². The summed E-state index contributed by atoms with van der Waals surface area (Å²) in [5.41, 5.74) is 0.618. The first-order chi connectivity index (χ1) is 9.82. The van der Waals surface area contributed by atoms with E-state index in [1.807, 2.05) is 0 Å². The molecular formula is C13H19ClN2O4S. The fourth-order valence-corrected chi connectivity index (χ4v) is 2.57. The van der Waals surface area contributed by atoms with Crippen molar-refractivity contribution in [2.75, 3.05) is 38.4 Å². The summed E-state index contributed by atoms with van der Waals surface area (Å²) < 4.78 is 29.2. The number of carbonyl (C=O) groups is 1. The Bertz CT molecular complexity index is 560. The van der Waals surface area contributed by atoms with E-state index >= 15 is 0 Å². The average molecular weight is 335 g/mol. The summed E-state index contributed by atoms with van der Waals surface area (Å²) in [7, 11) is -1.86. The number of ether oxygens (including phenoxy) is 1. The Morgan fingerprint density at radius 1 is 1.29 bits per heavy atom. The van der Waals surface area contributed by atoms with E-state index in [1.54, 1.807) is 24.3 Å². The van der Waals surface area contributed by atoms with Crippen molar-refractivity contribution < 1.29 is 17.9 Å². The first-order valence-corrected chi connectivity index (χ1v) is 8.55. The van der Waals surface area contributed by atoms with Crippen molar-refractivity contribution in [1.82, 2.24) is 4.31 Å². The fourth-order valence-electron chi connectivity index (χ4n) is 1.62. The van der Waals surface area contributed by atoms with E-state index in [2.05, 4.69) is 5.32 Å². The number of rotatable bonds is 8. The standard InChI is InChI=1S/C13H19ClN2O4S/c1-20-10-9-16(21(2,18)19)8-7-13(17)15-12-5-3-11(14)4-6-12/h3-6H,7-10H2,1-2H3,(H,15,17). The van der Waals surface area contributed by atoms with Crippen LogP contribution in [-0.2, 0) is 19.6 Å². The second kappa shape index (κ2) is 8.33. The number of halogens is 1. The summed E-state index contributed by atoms with van der Waals surface area (Å²) in [6.45, 7) is 0.622. The minimum atomic E-state index is -3.36. The molecule has 0 aliphatic heterocycles. The van der Waals surface area contributed by atoms with Gasteiger partial charge in [-0.25, -0.2) is 8.42 Å². The van der Waals surface area contributed by atoms with Crippen LogP contribution < -0.4 is 5.32 Å². The highest BCUT2D eigenvalue weighted by Crippen LogP contribution is 2.13. The number of anilines is 1. The van der Waals surface area contributed by atoms with Gasteiger partial charge in [-0.05, 0) is 24.3 Å². The zero-order chi connectivity index (χ0) is 15.9. The first-order valence-electron chi connectivity index (χ1n) is 6.32. The highest BCUT2D eigenvalue weighted by molar-refractivity contribution is 7.88. The van der Waals surface area contributed by atoms with E-state index in [0.717, 1.165) is 6.26 Å². The molecule has 0 aromatic heterocycles. The molecule has 1 amide bonds. The number of benzene rings is 1. The molecule has 1 N–H and O–H groups in total. The molecule has 0 spiro atoms. The molecule has 0 saturated carbocycles. The van der Waals surface area contributed by atoms with E-state index in [0.29, 0.717) is 10.7 Å². The SMILES string of the molecule is COCCN(CCC(=O)Nc1ccc(Cl)cc1)S(C)(=O)=O. The number of nitrogens with one attached hydrogen (secondary N) is 1. The number of nitrogens with zero attached hydrogens (tertiary/aromatic N) is 1. The molecule has 0 aliphatic carbocycles. The number of methoxy groups -OCH3 is 1. The number of amides is 1. The largest absolute Gasteiger partial charge is 0.383 e. The van der Waals surface area contributed by atoms with Crippen LogP contribution in [0.4, 0.5) is 5.69 Å². The normalized spacial score (nSPS) is 11.6. The third kappa shape index (κ3) is 6.90. The monoisotopic (exact) mass is 334 g/mol. The molecule has 0 aliphatic rings. The molecule has 1 aromatic rings. The number of carbonyl (C=O) groups excluding carboxylic acids is 1. The predicted octanol–water partition coefficient (Wildman–Crippen LogP) is 1.58. The summed E-state index contributed by atoms with van der Waals surface area (Å²) in [6.07, 6.45) is 1.18. The molecular weight excluding hydrogens is 316 g/mol. The van der Waals surface area contributed by atoms with Crippen LogP contribution in [0.1, 0.15) is 6.42 Å². The van der Waals surface area contributed by atoms with Crippen LogP contribution in [0.5, 0.6) is 0 Å². The molecule has 21 heavy (non-hydrogen) atoms. The molecule has 1 aromatic carbocycles. The third-order valence-electron chi connectivity index (χ3n) is 2.73. The Morgan fingerprint density at radius 2 is 1.90 bits per heavy atom. The van der Waals surface area contributed by atoms with Crippen LogP contribution in [-0.4, -0.2) is 51.7 Å². The van der Waals surface area contributed by atoms with Gasteiger partial charge >= 0.3 is 0 Å². The van der Waals surface area contributed by atoms with E-state index in [4.69, 9.17) is 16.3 Å². The van der Waals surface area contributed by atoms with Gasteiger partial charge in [-0.15, -0.1) is 0 Å². The Balaban J connectivity index is 2.51. The van der Waals surface area contributed by atoms with E-state index in [-0.39, 0.29) is 32.0 Å². The summed E-state index contributed by atoms with van der Waals surface area (Å²) in [5.74, 6) is -0.261. The quantitative estimate of drug-likeness (QED) is 0.783. The van der Waals surface area contributed by atoms with Gasteiger partial charge in [0, 0.05) is 37.3 Å². The Morgan fingerprint density at radius 3 is 2.43 bits per heavy atom. The van der Waals surface area contributed by atoms with E-state index in [1.165, 1.54) is 11.4 Å². The molecule has 0 unspecified atom stereocenters. The lowest BCUT2D eigenvalue weighted by atomic mass is 10.3. The van der Waals surface area contributed by atoms with Gasteiger partial charge in [0.2, 0.25) is 15.9 Å².